The molecule has 0 bridgehead atoms. The lowest BCUT2D eigenvalue weighted by Gasteiger charge is -2.28. The van der Waals surface area contributed by atoms with Gasteiger partial charge in [-0.3, -0.25) is 0 Å². The average Bonchev–Trinajstić information content (AvgIpc) is 3.32. The van der Waals surface area contributed by atoms with E-state index in [0.717, 1.165) is 6.54 Å². The summed E-state index contributed by atoms with van der Waals surface area (Å²) in [5.74, 6) is 0.716. The zero-order valence-corrected chi connectivity index (χ0v) is 30.1. The number of benzene rings is 3. The number of allylic oxidation sites excluding steroid dienone is 7. The second-order valence-electron chi connectivity index (χ2n) is 11.3. The summed E-state index contributed by atoms with van der Waals surface area (Å²) < 4.78 is 2.23. The van der Waals surface area contributed by atoms with Gasteiger partial charge in [0.1, 0.15) is 7.05 Å². The topological polar surface area (TPSA) is 7.12 Å². The standard InChI is InChI=1S/C37H41N2.3C2H6/c1-6-28(2)26-27-39-34-25-23-29-16-12-14-19-32(29)36(34)37(3,4)35(39)21-11-9-7-8-10-18-31-24-22-30-17-13-15-20-33(30)38(31)5;3*1-2/h7-25,28H,6,26-27H2,1-5H3;3*1-2H3/q+1;;;. The fraction of sp³-hybridized carbons (Fsp3) is 0.372. The Labute approximate surface area is 275 Å². The van der Waals surface area contributed by atoms with Crippen LogP contribution in [-0.2, 0) is 12.5 Å². The van der Waals surface area contributed by atoms with E-state index in [1.165, 1.54) is 57.2 Å². The molecular formula is C43H59N2+. The molecule has 0 aliphatic carbocycles. The number of nitrogens with zero attached hydrogens (tertiary/aromatic N) is 2. The lowest BCUT2D eigenvalue weighted by molar-refractivity contribution is -0.646. The van der Waals surface area contributed by atoms with Crippen molar-refractivity contribution >= 4 is 33.4 Å². The highest BCUT2D eigenvalue weighted by Crippen LogP contribution is 2.50. The van der Waals surface area contributed by atoms with Crippen molar-refractivity contribution in [1.82, 2.24) is 0 Å². The van der Waals surface area contributed by atoms with Crippen LogP contribution in [0.5, 0.6) is 0 Å². The van der Waals surface area contributed by atoms with E-state index >= 15 is 0 Å². The van der Waals surface area contributed by atoms with Gasteiger partial charge in [0.25, 0.3) is 0 Å². The van der Waals surface area contributed by atoms with Crippen LogP contribution < -0.4 is 9.47 Å². The van der Waals surface area contributed by atoms with Gasteiger partial charge in [-0.15, -0.1) is 0 Å². The number of aromatic nitrogens is 1. The lowest BCUT2D eigenvalue weighted by atomic mass is 9.81. The van der Waals surface area contributed by atoms with Crippen molar-refractivity contribution < 1.29 is 4.57 Å². The Morgan fingerprint density at radius 1 is 0.733 bits per heavy atom. The SMILES string of the molecule is CC.CC.CC.CCC(C)CCN1/C(=C/C=C/C=C/C=C/c2ccc3ccccc3[n+]2C)C(C)(C)c2c1ccc1ccccc21. The van der Waals surface area contributed by atoms with Crippen LogP contribution in [0.4, 0.5) is 5.69 Å². The van der Waals surface area contributed by atoms with E-state index in [0.29, 0.717) is 5.92 Å². The van der Waals surface area contributed by atoms with Gasteiger partial charge in [-0.25, -0.2) is 0 Å². The smallest absolute Gasteiger partial charge is 0.212 e. The van der Waals surface area contributed by atoms with E-state index in [2.05, 4.69) is 160 Å². The van der Waals surface area contributed by atoms with Crippen LogP contribution in [0.3, 0.4) is 0 Å². The molecule has 1 aliphatic heterocycles. The van der Waals surface area contributed by atoms with E-state index in [-0.39, 0.29) is 5.41 Å². The molecule has 0 fully saturated rings. The van der Waals surface area contributed by atoms with E-state index < -0.39 is 0 Å². The van der Waals surface area contributed by atoms with Crippen LogP contribution in [0.2, 0.25) is 0 Å². The summed E-state index contributed by atoms with van der Waals surface area (Å²) in [5, 5.41) is 3.94. The molecule has 1 aromatic heterocycles. The van der Waals surface area contributed by atoms with Crippen molar-refractivity contribution in [3.63, 3.8) is 0 Å². The number of hydrogen-bond acceptors (Lipinski definition) is 1. The molecule has 0 N–H and O–H groups in total. The Morgan fingerprint density at radius 2 is 1.33 bits per heavy atom. The van der Waals surface area contributed by atoms with Crippen LogP contribution in [0.15, 0.2) is 115 Å². The van der Waals surface area contributed by atoms with Crippen LogP contribution in [-0.4, -0.2) is 6.54 Å². The van der Waals surface area contributed by atoms with E-state index in [4.69, 9.17) is 0 Å². The molecule has 0 amide bonds. The van der Waals surface area contributed by atoms with E-state index in [9.17, 15) is 0 Å². The number of hydrogen-bond donors (Lipinski definition) is 0. The highest BCUT2D eigenvalue weighted by molar-refractivity contribution is 5.94. The Kier molecular flexibility index (Phi) is 15.6. The summed E-state index contributed by atoms with van der Waals surface area (Å²) >= 11 is 0. The van der Waals surface area contributed by atoms with Crippen LogP contribution >= 0.6 is 0 Å². The number of aryl methyl sites for hydroxylation is 1. The Bertz CT molecular complexity index is 1600. The molecule has 2 heteroatoms. The van der Waals surface area contributed by atoms with Crippen molar-refractivity contribution in [3.8, 4) is 0 Å². The molecule has 1 unspecified atom stereocenters. The third-order valence-corrected chi connectivity index (χ3v) is 8.38. The highest BCUT2D eigenvalue weighted by Gasteiger charge is 2.40. The van der Waals surface area contributed by atoms with Gasteiger partial charge in [0, 0.05) is 46.9 Å². The van der Waals surface area contributed by atoms with Gasteiger partial charge in [-0.2, -0.15) is 4.57 Å². The van der Waals surface area contributed by atoms with Gasteiger partial charge in [-0.1, -0.05) is 149 Å². The Morgan fingerprint density at radius 3 is 2.04 bits per heavy atom. The van der Waals surface area contributed by atoms with Crippen LogP contribution in [0.25, 0.3) is 27.8 Å². The minimum atomic E-state index is -0.0650. The summed E-state index contributed by atoms with van der Waals surface area (Å²) in [6, 6.07) is 26.3. The third-order valence-electron chi connectivity index (χ3n) is 8.38. The largest absolute Gasteiger partial charge is 0.344 e. The molecule has 0 spiro atoms. The van der Waals surface area contributed by atoms with Gasteiger partial charge in [0.05, 0.1) is 0 Å². The second kappa shape index (κ2) is 18.8. The Balaban J connectivity index is 0.00000111. The molecule has 5 rings (SSSR count). The first kappa shape index (κ1) is 37.3. The van der Waals surface area contributed by atoms with Crippen molar-refractivity contribution in [2.75, 3.05) is 11.4 Å². The third kappa shape index (κ3) is 8.85. The van der Waals surface area contributed by atoms with E-state index in [1.54, 1.807) is 0 Å². The molecule has 0 saturated heterocycles. The van der Waals surface area contributed by atoms with Gasteiger partial charge >= 0.3 is 0 Å². The number of fused-ring (bicyclic) bond motifs is 4. The summed E-state index contributed by atoms with van der Waals surface area (Å²) in [7, 11) is 2.12. The van der Waals surface area contributed by atoms with Gasteiger partial charge in [0.2, 0.25) is 11.2 Å². The van der Waals surface area contributed by atoms with Crippen LogP contribution in [0, 0.1) is 5.92 Å². The predicted molar refractivity (Wildman–Crippen MR) is 203 cm³/mol. The fourth-order valence-corrected chi connectivity index (χ4v) is 5.85. The van der Waals surface area contributed by atoms with Gasteiger partial charge in [-0.05, 0) is 52.9 Å². The van der Waals surface area contributed by atoms with Gasteiger partial charge < -0.3 is 4.90 Å². The number of para-hydroxylation sites is 1. The molecular weight excluding hydrogens is 544 g/mol. The predicted octanol–water partition coefficient (Wildman–Crippen LogP) is 12.1. The van der Waals surface area contributed by atoms with E-state index in [1.807, 2.05) is 41.5 Å². The Hall–Kier alpha value is -3.91. The quantitative estimate of drug-likeness (QED) is 0.143. The molecule has 2 heterocycles. The maximum absolute atomic E-state index is 2.57. The number of rotatable bonds is 8. The first-order chi connectivity index (χ1) is 21.9. The molecule has 45 heavy (non-hydrogen) atoms. The average molecular weight is 604 g/mol. The lowest BCUT2D eigenvalue weighted by Crippen LogP contribution is -2.32. The summed E-state index contributed by atoms with van der Waals surface area (Å²) in [6.07, 6.45) is 17.6. The first-order valence-electron chi connectivity index (χ1n) is 17.3. The summed E-state index contributed by atoms with van der Waals surface area (Å²) in [6.45, 7) is 22.5. The molecule has 1 aliphatic rings. The molecule has 1 atom stereocenters. The fourth-order valence-electron chi connectivity index (χ4n) is 5.85. The van der Waals surface area contributed by atoms with Crippen molar-refractivity contribution in [1.29, 1.82) is 0 Å². The maximum Gasteiger partial charge on any atom is 0.212 e. The minimum Gasteiger partial charge on any atom is -0.344 e. The molecule has 3 aromatic carbocycles. The van der Waals surface area contributed by atoms with Crippen molar-refractivity contribution in [2.24, 2.45) is 13.0 Å². The first-order valence-corrected chi connectivity index (χ1v) is 17.3. The summed E-state index contributed by atoms with van der Waals surface area (Å²) in [4.78, 5) is 2.57. The summed E-state index contributed by atoms with van der Waals surface area (Å²) in [5.41, 5.74) is 6.54. The molecule has 2 nitrogen and oxygen atoms in total. The number of anilines is 1. The molecule has 240 valence electrons. The normalized spacial score (nSPS) is 15.1. The maximum atomic E-state index is 2.57. The molecule has 4 aromatic rings. The highest BCUT2D eigenvalue weighted by atomic mass is 15.2. The molecule has 0 radical (unpaired) electrons. The second-order valence-corrected chi connectivity index (χ2v) is 11.3. The van der Waals surface area contributed by atoms with Crippen LogP contribution in [0.1, 0.15) is 93.3 Å². The number of pyridine rings is 1. The zero-order valence-electron chi connectivity index (χ0n) is 30.1. The van der Waals surface area contributed by atoms with Crippen molar-refractivity contribution in [2.45, 2.75) is 87.5 Å². The molecule has 0 saturated carbocycles. The minimum absolute atomic E-state index is 0.0650. The van der Waals surface area contributed by atoms with Crippen molar-refractivity contribution in [3.05, 3.63) is 126 Å². The monoisotopic (exact) mass is 603 g/mol. The van der Waals surface area contributed by atoms with Gasteiger partial charge in [0.15, 0.2) is 0 Å². The zero-order chi connectivity index (χ0) is 33.4.